The molecule has 2 fully saturated rings. The van der Waals surface area contributed by atoms with E-state index in [1.165, 1.54) is 32.1 Å². The summed E-state index contributed by atoms with van der Waals surface area (Å²) in [5.74, 6) is 2.78. The molecule has 1 aromatic heterocycles. The molecule has 0 radical (unpaired) electrons. The van der Waals surface area contributed by atoms with Crippen LogP contribution in [-0.4, -0.2) is 69.8 Å². The Morgan fingerprint density at radius 1 is 1.06 bits per heavy atom. The normalized spacial score (nSPS) is 19.4. The van der Waals surface area contributed by atoms with E-state index in [0.717, 1.165) is 56.5 Å². The van der Waals surface area contributed by atoms with Gasteiger partial charge in [-0.25, -0.2) is 4.99 Å². The van der Waals surface area contributed by atoms with E-state index in [1.54, 1.807) is 0 Å². The summed E-state index contributed by atoms with van der Waals surface area (Å²) in [4.78, 5) is 19.1. The predicted molar refractivity (Wildman–Crippen MR) is 123 cm³/mol. The van der Waals surface area contributed by atoms with Crippen LogP contribution in [-0.2, 0) is 18.4 Å². The van der Waals surface area contributed by atoms with Gasteiger partial charge in [-0.15, -0.1) is 10.2 Å². The first kappa shape index (κ1) is 23.5. The fourth-order valence-corrected chi connectivity index (χ4v) is 4.26. The second kappa shape index (κ2) is 12.0. The molecule has 0 unspecified atom stereocenters. The van der Waals surface area contributed by atoms with Crippen molar-refractivity contribution < 1.29 is 4.79 Å². The average Bonchev–Trinajstić information content (AvgIpc) is 3.10. The Kier molecular flexibility index (Phi) is 9.12. The number of hydrogen-bond acceptors (Lipinski definition) is 5. The summed E-state index contributed by atoms with van der Waals surface area (Å²) >= 11 is 0. The summed E-state index contributed by atoms with van der Waals surface area (Å²) in [7, 11) is 1.98. The van der Waals surface area contributed by atoms with Gasteiger partial charge in [0, 0.05) is 38.8 Å². The number of piperidine rings is 1. The van der Waals surface area contributed by atoms with Crippen LogP contribution in [0.5, 0.6) is 0 Å². The van der Waals surface area contributed by atoms with Gasteiger partial charge in [0.15, 0.2) is 11.8 Å². The largest absolute Gasteiger partial charge is 0.355 e. The van der Waals surface area contributed by atoms with Gasteiger partial charge in [-0.1, -0.05) is 26.2 Å². The van der Waals surface area contributed by atoms with Gasteiger partial charge in [0.2, 0.25) is 5.91 Å². The summed E-state index contributed by atoms with van der Waals surface area (Å²) in [6.07, 6.45) is 9.30. The number of nitrogens with zero attached hydrogens (tertiary/aromatic N) is 5. The van der Waals surface area contributed by atoms with Crippen LogP contribution in [0.1, 0.15) is 69.9 Å². The summed E-state index contributed by atoms with van der Waals surface area (Å²) in [5.41, 5.74) is 0. The molecule has 2 aliphatic rings. The van der Waals surface area contributed by atoms with E-state index < -0.39 is 0 Å². The van der Waals surface area contributed by atoms with Crippen molar-refractivity contribution in [1.82, 2.24) is 35.6 Å². The molecule has 9 heteroatoms. The minimum atomic E-state index is 0.133. The number of aromatic nitrogens is 3. The number of carbonyl (C=O) groups excluding carboxylic acids is 1. The van der Waals surface area contributed by atoms with Crippen molar-refractivity contribution in [3.8, 4) is 0 Å². The van der Waals surface area contributed by atoms with Gasteiger partial charge in [-0.05, 0) is 39.0 Å². The van der Waals surface area contributed by atoms with E-state index >= 15 is 0 Å². The molecule has 9 nitrogen and oxygen atoms in total. The van der Waals surface area contributed by atoms with Crippen molar-refractivity contribution >= 4 is 11.9 Å². The molecule has 31 heavy (non-hydrogen) atoms. The Labute approximate surface area is 186 Å². The zero-order chi connectivity index (χ0) is 22.1. The Bertz CT molecular complexity index is 717. The van der Waals surface area contributed by atoms with Crippen molar-refractivity contribution in [3.63, 3.8) is 0 Å². The van der Waals surface area contributed by atoms with Crippen LogP contribution < -0.4 is 16.0 Å². The fraction of sp³-hybridized carbons (Fsp3) is 0.818. The second-order valence-corrected chi connectivity index (χ2v) is 8.91. The van der Waals surface area contributed by atoms with Crippen molar-refractivity contribution in [2.75, 3.05) is 26.2 Å². The average molecular weight is 433 g/mol. The van der Waals surface area contributed by atoms with Crippen molar-refractivity contribution in [2.24, 2.45) is 12.0 Å². The Balaban J connectivity index is 1.53. The van der Waals surface area contributed by atoms with Crippen LogP contribution in [0.15, 0.2) is 4.99 Å². The first-order chi connectivity index (χ1) is 15.0. The van der Waals surface area contributed by atoms with Crippen LogP contribution in [0.2, 0.25) is 0 Å². The molecule has 0 bridgehead atoms. The lowest BCUT2D eigenvalue weighted by molar-refractivity contribution is -0.122. The lowest BCUT2D eigenvalue weighted by Crippen LogP contribution is -2.52. The van der Waals surface area contributed by atoms with Gasteiger partial charge >= 0.3 is 0 Å². The summed E-state index contributed by atoms with van der Waals surface area (Å²) in [6, 6.07) is 0.856. The molecule has 1 saturated carbocycles. The Morgan fingerprint density at radius 3 is 2.35 bits per heavy atom. The lowest BCUT2D eigenvalue weighted by atomic mass is 9.95. The molecule has 1 saturated heterocycles. The molecule has 0 atom stereocenters. The molecular weight excluding hydrogens is 392 g/mol. The molecular formula is C22H40N8O. The highest BCUT2D eigenvalue weighted by Crippen LogP contribution is 2.17. The number of likely N-dealkylation sites (tertiary alicyclic amines) is 1. The third kappa shape index (κ3) is 7.48. The number of nitrogens with one attached hydrogen (secondary N) is 3. The topological polar surface area (TPSA) is 99.5 Å². The van der Waals surface area contributed by atoms with E-state index in [2.05, 4.69) is 38.0 Å². The monoisotopic (exact) mass is 432 g/mol. The Morgan fingerprint density at radius 2 is 1.74 bits per heavy atom. The van der Waals surface area contributed by atoms with Gasteiger partial charge in [-0.3, -0.25) is 9.69 Å². The van der Waals surface area contributed by atoms with Gasteiger partial charge in [0.05, 0.1) is 6.54 Å². The molecule has 2 heterocycles. The molecule has 1 amide bonds. The number of carbonyl (C=O) groups is 1. The van der Waals surface area contributed by atoms with Crippen LogP contribution in [0, 0.1) is 6.92 Å². The van der Waals surface area contributed by atoms with Crippen LogP contribution >= 0.6 is 0 Å². The molecule has 0 spiro atoms. The third-order valence-electron chi connectivity index (χ3n) is 6.38. The lowest BCUT2D eigenvalue weighted by Gasteiger charge is -2.33. The van der Waals surface area contributed by atoms with Crippen molar-refractivity contribution in [2.45, 2.75) is 83.8 Å². The Hall–Kier alpha value is -2.16. The molecule has 174 valence electrons. The zero-order valence-electron chi connectivity index (χ0n) is 19.5. The van der Waals surface area contributed by atoms with Gasteiger partial charge < -0.3 is 20.5 Å². The highest BCUT2D eigenvalue weighted by Gasteiger charge is 2.23. The molecule has 3 rings (SSSR count). The number of rotatable bonds is 8. The number of aryl methyl sites for hydroxylation is 1. The minimum absolute atomic E-state index is 0.133. The van der Waals surface area contributed by atoms with Crippen molar-refractivity contribution in [1.29, 1.82) is 0 Å². The van der Waals surface area contributed by atoms with E-state index in [-0.39, 0.29) is 5.91 Å². The van der Waals surface area contributed by atoms with Crippen LogP contribution in [0.4, 0.5) is 0 Å². The first-order valence-electron chi connectivity index (χ1n) is 12.0. The second-order valence-electron chi connectivity index (χ2n) is 8.91. The van der Waals surface area contributed by atoms with Crippen LogP contribution in [0.3, 0.4) is 0 Å². The van der Waals surface area contributed by atoms with Gasteiger partial charge in [0.25, 0.3) is 0 Å². The molecule has 1 aliphatic heterocycles. The smallest absolute Gasteiger partial charge is 0.234 e. The zero-order valence-corrected chi connectivity index (χ0v) is 19.5. The van der Waals surface area contributed by atoms with E-state index in [9.17, 15) is 4.79 Å². The maximum Gasteiger partial charge on any atom is 0.234 e. The van der Waals surface area contributed by atoms with Crippen molar-refractivity contribution in [3.05, 3.63) is 11.6 Å². The third-order valence-corrected chi connectivity index (χ3v) is 6.38. The van der Waals surface area contributed by atoms with Gasteiger partial charge in [0.1, 0.15) is 12.4 Å². The molecule has 1 aromatic rings. The number of guanidine groups is 1. The number of hydrogen-bond donors (Lipinski definition) is 3. The summed E-state index contributed by atoms with van der Waals surface area (Å²) in [5, 5.41) is 18.7. The number of aliphatic imine (C=N–C) groups is 1. The van der Waals surface area contributed by atoms with Crippen LogP contribution in [0.25, 0.3) is 0 Å². The maximum absolute atomic E-state index is 12.0. The standard InChI is InChI=1S/C22H40N8O/c1-4-12-23-21(31)16-30-13-10-19(11-14-30)26-22(25-18-8-6-5-7-9-18)24-15-20-28-27-17(2)29(20)3/h18-19H,4-16H2,1-3H3,(H,23,31)(H2,24,25,26). The number of amides is 1. The molecule has 3 N–H and O–H groups in total. The first-order valence-corrected chi connectivity index (χ1v) is 12.0. The van der Waals surface area contributed by atoms with E-state index in [1.807, 2.05) is 18.5 Å². The minimum Gasteiger partial charge on any atom is -0.355 e. The predicted octanol–water partition coefficient (Wildman–Crippen LogP) is 1.48. The summed E-state index contributed by atoms with van der Waals surface area (Å²) in [6.45, 7) is 7.65. The maximum atomic E-state index is 12.0. The molecule has 0 aromatic carbocycles. The molecule has 1 aliphatic carbocycles. The SMILES string of the molecule is CCCNC(=O)CN1CCC(NC(=NCc2nnc(C)n2C)NC2CCCCC2)CC1. The fourth-order valence-electron chi connectivity index (χ4n) is 4.26. The quantitative estimate of drug-likeness (QED) is 0.425. The highest BCUT2D eigenvalue weighted by atomic mass is 16.2. The van der Waals surface area contributed by atoms with E-state index in [4.69, 9.17) is 4.99 Å². The summed E-state index contributed by atoms with van der Waals surface area (Å²) < 4.78 is 1.99. The van der Waals surface area contributed by atoms with Gasteiger partial charge in [-0.2, -0.15) is 0 Å². The highest BCUT2D eigenvalue weighted by molar-refractivity contribution is 5.80. The van der Waals surface area contributed by atoms with E-state index in [0.29, 0.717) is 25.2 Å².